The van der Waals surface area contributed by atoms with Crippen molar-refractivity contribution in [3.05, 3.63) is 17.7 Å². The number of hydrogen-bond acceptors (Lipinski definition) is 5. The van der Waals surface area contributed by atoms with Gasteiger partial charge in [0.05, 0.1) is 12.1 Å². The average Bonchev–Trinajstić information content (AvgIpc) is 2.22. The zero-order valence-corrected chi connectivity index (χ0v) is 8.87. The first-order chi connectivity index (χ1) is 7.45. The van der Waals surface area contributed by atoms with Gasteiger partial charge in [-0.2, -0.15) is 3.89 Å². The summed E-state index contributed by atoms with van der Waals surface area (Å²) in [5.41, 5.74) is 5.52. The maximum atomic E-state index is 12.5. The highest BCUT2D eigenvalue weighted by Gasteiger charge is 2.17. The number of rotatable bonds is 4. The first-order valence-electron chi connectivity index (χ1n) is 4.27. The van der Waals surface area contributed by atoms with Crippen LogP contribution < -0.4 is 5.73 Å². The molecule has 0 aromatic heterocycles. The summed E-state index contributed by atoms with van der Waals surface area (Å²) in [6.45, 7) is 0. The predicted molar refractivity (Wildman–Crippen MR) is 56.1 cm³/mol. The molecule has 1 atom stereocenters. The number of aromatic hydroxyl groups is 2. The number of phenols is 2. The molecule has 88 valence electrons. The van der Waals surface area contributed by atoms with Crippen molar-refractivity contribution in [2.75, 3.05) is 0 Å². The van der Waals surface area contributed by atoms with E-state index in [1.165, 1.54) is 0 Å². The highest BCUT2D eigenvalue weighted by atomic mass is 32.2. The van der Waals surface area contributed by atoms with Crippen molar-refractivity contribution in [3.8, 4) is 11.5 Å². The van der Waals surface area contributed by atoms with E-state index in [1.807, 2.05) is 0 Å². The van der Waals surface area contributed by atoms with Crippen molar-refractivity contribution in [2.45, 2.75) is 17.4 Å². The van der Waals surface area contributed by atoms with E-state index < -0.39 is 23.5 Å². The van der Waals surface area contributed by atoms with Gasteiger partial charge in [0.2, 0.25) is 0 Å². The Morgan fingerprint density at radius 2 is 2.00 bits per heavy atom. The molecular weight excluding hydrogens is 237 g/mol. The molecule has 1 aromatic rings. The zero-order chi connectivity index (χ0) is 12.3. The summed E-state index contributed by atoms with van der Waals surface area (Å²) in [5, 5.41) is 26.9. The second-order valence-corrected chi connectivity index (χ2v) is 3.77. The molecule has 0 aliphatic rings. The maximum Gasteiger partial charge on any atom is 0.320 e. The van der Waals surface area contributed by atoms with Crippen LogP contribution in [0.5, 0.6) is 11.5 Å². The van der Waals surface area contributed by atoms with Gasteiger partial charge in [0.25, 0.3) is 0 Å². The standard InChI is InChI=1S/C9H10FNO4S/c10-16-8-3-7(13)6(12)2-4(8)1-5(11)9(14)15/h2-3,5,12-13H,1,11H2,(H,14,15). The number of hydrogen-bond donors (Lipinski definition) is 4. The van der Waals surface area contributed by atoms with E-state index in [0.717, 1.165) is 12.1 Å². The lowest BCUT2D eigenvalue weighted by atomic mass is 10.1. The Balaban J connectivity index is 3.03. The molecule has 0 saturated carbocycles. The van der Waals surface area contributed by atoms with Gasteiger partial charge in [0, 0.05) is 11.0 Å². The summed E-state index contributed by atoms with van der Waals surface area (Å²) in [6, 6.07) is 0.930. The molecule has 1 aromatic carbocycles. The van der Waals surface area contributed by atoms with Gasteiger partial charge in [0.1, 0.15) is 6.04 Å². The second kappa shape index (κ2) is 5.04. The Morgan fingerprint density at radius 3 is 2.50 bits per heavy atom. The van der Waals surface area contributed by atoms with Crippen molar-refractivity contribution in [3.63, 3.8) is 0 Å². The van der Waals surface area contributed by atoms with E-state index in [1.54, 1.807) is 0 Å². The lowest BCUT2D eigenvalue weighted by molar-refractivity contribution is -0.138. The van der Waals surface area contributed by atoms with Crippen molar-refractivity contribution < 1.29 is 24.0 Å². The summed E-state index contributed by atoms with van der Waals surface area (Å²) in [6.07, 6.45) is -0.130. The lowest BCUT2D eigenvalue weighted by Gasteiger charge is -2.10. The lowest BCUT2D eigenvalue weighted by Crippen LogP contribution is -2.32. The molecule has 0 fully saturated rings. The number of carboxylic acid groups (broad SMARTS) is 1. The van der Waals surface area contributed by atoms with Crippen LogP contribution in [0.25, 0.3) is 0 Å². The number of benzene rings is 1. The molecule has 0 radical (unpaired) electrons. The minimum atomic E-state index is -1.22. The third-order valence-corrected chi connectivity index (χ3v) is 2.54. The number of aliphatic carboxylic acids is 1. The highest BCUT2D eigenvalue weighted by Crippen LogP contribution is 2.34. The van der Waals surface area contributed by atoms with Crippen LogP contribution in [-0.2, 0) is 11.2 Å². The number of halogens is 1. The molecular formula is C9H10FNO4S. The van der Waals surface area contributed by atoms with Crippen LogP contribution in [0.1, 0.15) is 5.56 Å². The van der Waals surface area contributed by atoms with Crippen molar-refractivity contribution in [1.82, 2.24) is 0 Å². The van der Waals surface area contributed by atoms with Crippen molar-refractivity contribution in [1.29, 1.82) is 0 Å². The number of carbonyl (C=O) groups is 1. The molecule has 0 aliphatic heterocycles. The van der Waals surface area contributed by atoms with E-state index in [2.05, 4.69) is 0 Å². The van der Waals surface area contributed by atoms with Crippen LogP contribution in [-0.4, -0.2) is 27.3 Å². The smallest absolute Gasteiger partial charge is 0.320 e. The minimum absolute atomic E-state index is 0.0343. The Bertz CT molecular complexity index is 413. The Labute approximate surface area is 95.0 Å². The molecule has 5 N–H and O–H groups in total. The van der Waals surface area contributed by atoms with Gasteiger partial charge in [-0.3, -0.25) is 4.79 Å². The van der Waals surface area contributed by atoms with Gasteiger partial charge in [-0.05, 0) is 18.1 Å². The molecule has 1 unspecified atom stereocenters. The third kappa shape index (κ3) is 2.77. The number of phenolic OH excluding ortho intramolecular Hbond substituents is 2. The molecule has 0 heterocycles. The normalized spacial score (nSPS) is 12.4. The van der Waals surface area contributed by atoms with Gasteiger partial charge in [0.15, 0.2) is 11.5 Å². The largest absolute Gasteiger partial charge is 0.504 e. The van der Waals surface area contributed by atoms with Gasteiger partial charge >= 0.3 is 5.97 Å². The molecule has 16 heavy (non-hydrogen) atoms. The summed E-state index contributed by atoms with van der Waals surface area (Å²) in [7, 11) is 0. The number of carboxylic acids is 1. The van der Waals surface area contributed by atoms with Crippen LogP contribution in [0.2, 0.25) is 0 Å². The Hall–Kier alpha value is -1.47. The first kappa shape index (κ1) is 12.6. The summed E-state index contributed by atoms with van der Waals surface area (Å²) in [4.78, 5) is 10.6. The molecule has 0 amide bonds. The van der Waals surface area contributed by atoms with E-state index in [0.29, 0.717) is 0 Å². The molecule has 0 saturated heterocycles. The molecule has 5 nitrogen and oxygen atoms in total. The van der Waals surface area contributed by atoms with E-state index >= 15 is 0 Å². The van der Waals surface area contributed by atoms with Crippen LogP contribution in [0.3, 0.4) is 0 Å². The van der Waals surface area contributed by atoms with Crippen molar-refractivity contribution in [2.24, 2.45) is 5.73 Å². The third-order valence-electron chi connectivity index (χ3n) is 2.00. The summed E-state index contributed by atoms with van der Waals surface area (Å²) >= 11 is -0.148. The topological polar surface area (TPSA) is 104 Å². The quantitative estimate of drug-likeness (QED) is 0.592. The summed E-state index contributed by atoms with van der Waals surface area (Å²) in [5.74, 6) is -2.12. The molecule has 7 heteroatoms. The fraction of sp³-hybridized carbons (Fsp3) is 0.222. The van der Waals surface area contributed by atoms with Gasteiger partial charge in [-0.1, -0.05) is 0 Å². The fourth-order valence-electron chi connectivity index (χ4n) is 1.16. The predicted octanol–water partition coefficient (Wildman–Crippen LogP) is 1.03. The Morgan fingerprint density at radius 1 is 1.44 bits per heavy atom. The van der Waals surface area contributed by atoms with E-state index in [-0.39, 0.29) is 29.0 Å². The first-order valence-corrected chi connectivity index (χ1v) is 4.99. The minimum Gasteiger partial charge on any atom is -0.504 e. The molecule has 0 aliphatic carbocycles. The monoisotopic (exact) mass is 247 g/mol. The Kier molecular flexibility index (Phi) is 3.97. The van der Waals surface area contributed by atoms with E-state index in [4.69, 9.17) is 15.9 Å². The molecule has 0 bridgehead atoms. The SMILES string of the molecule is NC(Cc1cc(O)c(O)cc1SF)C(=O)O. The fourth-order valence-corrected chi connectivity index (χ4v) is 1.55. The van der Waals surface area contributed by atoms with Gasteiger partial charge in [-0.15, -0.1) is 0 Å². The summed E-state index contributed by atoms with van der Waals surface area (Å²) < 4.78 is 12.5. The van der Waals surface area contributed by atoms with Crippen LogP contribution >= 0.6 is 12.1 Å². The van der Waals surface area contributed by atoms with Crippen molar-refractivity contribution >= 4 is 18.1 Å². The van der Waals surface area contributed by atoms with Crippen LogP contribution in [0.4, 0.5) is 3.89 Å². The molecule has 1 rings (SSSR count). The number of nitrogens with two attached hydrogens (primary N) is 1. The van der Waals surface area contributed by atoms with Crippen LogP contribution in [0, 0.1) is 0 Å². The van der Waals surface area contributed by atoms with Crippen LogP contribution in [0.15, 0.2) is 17.0 Å². The molecule has 0 spiro atoms. The highest BCUT2D eigenvalue weighted by molar-refractivity contribution is 7.94. The zero-order valence-electron chi connectivity index (χ0n) is 8.05. The van der Waals surface area contributed by atoms with Gasteiger partial charge in [-0.25, -0.2) is 0 Å². The maximum absolute atomic E-state index is 12.5. The van der Waals surface area contributed by atoms with Gasteiger partial charge < -0.3 is 21.1 Å². The second-order valence-electron chi connectivity index (χ2n) is 3.17. The van der Waals surface area contributed by atoms with E-state index in [9.17, 15) is 13.8 Å². The average molecular weight is 247 g/mol.